The van der Waals surface area contributed by atoms with Crippen LogP contribution in [0.15, 0.2) is 40.1 Å². The van der Waals surface area contributed by atoms with Crippen LogP contribution in [-0.2, 0) is 11.8 Å². The highest BCUT2D eigenvalue weighted by atomic mass is 32.2. The van der Waals surface area contributed by atoms with E-state index in [-0.39, 0.29) is 11.2 Å². The standard InChI is InChI=1S/C19H20N4O4S/c1-11-14(6-7-25-11)17-21-22-19(23(17)3)28-12(2)18(24)20-13-4-5-15-16(10-13)27-9-8-26-15/h4-7,10,12H,8-9H2,1-3H3,(H,20,24)/t12-/m1/s1. The largest absolute Gasteiger partial charge is 0.486 e. The molecule has 146 valence electrons. The molecule has 0 unspecified atom stereocenters. The highest BCUT2D eigenvalue weighted by Gasteiger charge is 2.21. The first-order chi connectivity index (χ1) is 13.5. The summed E-state index contributed by atoms with van der Waals surface area (Å²) < 4.78 is 18.2. The molecular weight excluding hydrogens is 380 g/mol. The van der Waals surface area contributed by atoms with Crippen LogP contribution >= 0.6 is 11.8 Å². The second-order valence-electron chi connectivity index (χ2n) is 6.36. The summed E-state index contributed by atoms with van der Waals surface area (Å²) in [6.07, 6.45) is 1.62. The second-order valence-corrected chi connectivity index (χ2v) is 7.67. The van der Waals surface area contributed by atoms with Crippen molar-refractivity contribution in [2.24, 2.45) is 7.05 Å². The first kappa shape index (κ1) is 18.4. The number of benzene rings is 1. The van der Waals surface area contributed by atoms with Gasteiger partial charge in [-0.2, -0.15) is 0 Å². The van der Waals surface area contributed by atoms with Crippen LogP contribution < -0.4 is 14.8 Å². The summed E-state index contributed by atoms with van der Waals surface area (Å²) in [5, 5.41) is 11.6. The van der Waals surface area contributed by atoms with Crippen molar-refractivity contribution in [2.75, 3.05) is 18.5 Å². The summed E-state index contributed by atoms with van der Waals surface area (Å²) in [7, 11) is 1.87. The summed E-state index contributed by atoms with van der Waals surface area (Å²) in [4.78, 5) is 12.6. The number of amides is 1. The van der Waals surface area contributed by atoms with Gasteiger partial charge in [0.05, 0.1) is 17.1 Å². The minimum absolute atomic E-state index is 0.134. The molecule has 1 aliphatic heterocycles. The van der Waals surface area contributed by atoms with Gasteiger partial charge in [0.15, 0.2) is 22.5 Å². The van der Waals surface area contributed by atoms with Gasteiger partial charge in [-0.15, -0.1) is 10.2 Å². The first-order valence-electron chi connectivity index (χ1n) is 8.84. The maximum atomic E-state index is 12.6. The van der Waals surface area contributed by atoms with Crippen LogP contribution in [0.1, 0.15) is 12.7 Å². The van der Waals surface area contributed by atoms with E-state index in [2.05, 4.69) is 15.5 Å². The molecule has 3 heterocycles. The zero-order valence-electron chi connectivity index (χ0n) is 15.8. The summed E-state index contributed by atoms with van der Waals surface area (Å²) in [5.74, 6) is 2.67. The Hall–Kier alpha value is -2.94. The lowest BCUT2D eigenvalue weighted by Gasteiger charge is -2.19. The number of hydrogen-bond acceptors (Lipinski definition) is 7. The van der Waals surface area contributed by atoms with Gasteiger partial charge in [0, 0.05) is 18.8 Å². The Labute approximate surface area is 166 Å². The molecule has 1 atom stereocenters. The number of fused-ring (bicyclic) bond motifs is 1. The maximum Gasteiger partial charge on any atom is 0.237 e. The number of aryl methyl sites for hydroxylation is 1. The Bertz CT molecular complexity index is 1010. The van der Waals surface area contributed by atoms with Gasteiger partial charge in [-0.25, -0.2) is 0 Å². The number of rotatable bonds is 5. The van der Waals surface area contributed by atoms with Crippen molar-refractivity contribution in [3.05, 3.63) is 36.3 Å². The van der Waals surface area contributed by atoms with Crippen LogP contribution in [0.5, 0.6) is 11.5 Å². The topological polar surface area (TPSA) is 91.4 Å². The van der Waals surface area contributed by atoms with Crippen molar-refractivity contribution in [1.82, 2.24) is 14.8 Å². The van der Waals surface area contributed by atoms with Crippen LogP contribution in [0.4, 0.5) is 5.69 Å². The normalized spacial score (nSPS) is 14.0. The molecule has 0 radical (unpaired) electrons. The zero-order valence-corrected chi connectivity index (χ0v) is 16.6. The Balaban J connectivity index is 1.44. The number of furan rings is 1. The number of nitrogens with one attached hydrogen (secondary N) is 1. The predicted octanol–water partition coefficient (Wildman–Crippen LogP) is 3.27. The average Bonchev–Trinajstić information content (AvgIpc) is 3.27. The Morgan fingerprint density at radius 3 is 2.75 bits per heavy atom. The van der Waals surface area contributed by atoms with Crippen molar-refractivity contribution in [2.45, 2.75) is 24.3 Å². The molecule has 0 saturated carbocycles. The quantitative estimate of drug-likeness (QED) is 0.657. The molecule has 0 saturated heterocycles. The highest BCUT2D eigenvalue weighted by Crippen LogP contribution is 2.33. The SMILES string of the molecule is Cc1occc1-c1nnc(S[C@H](C)C(=O)Nc2ccc3c(c2)OCCO3)n1C. The molecule has 1 aliphatic rings. The van der Waals surface area contributed by atoms with E-state index in [1.54, 1.807) is 24.5 Å². The smallest absolute Gasteiger partial charge is 0.237 e. The second kappa shape index (κ2) is 7.59. The third-order valence-corrected chi connectivity index (χ3v) is 5.53. The number of aromatic nitrogens is 3. The van der Waals surface area contributed by atoms with E-state index >= 15 is 0 Å². The van der Waals surface area contributed by atoms with Crippen molar-refractivity contribution < 1.29 is 18.7 Å². The number of ether oxygens (including phenoxy) is 2. The van der Waals surface area contributed by atoms with Gasteiger partial charge in [0.2, 0.25) is 5.91 Å². The minimum Gasteiger partial charge on any atom is -0.486 e. The maximum absolute atomic E-state index is 12.6. The van der Waals surface area contributed by atoms with Gasteiger partial charge < -0.3 is 23.8 Å². The zero-order chi connectivity index (χ0) is 19.7. The molecule has 1 N–H and O–H groups in total. The number of hydrogen-bond donors (Lipinski definition) is 1. The number of anilines is 1. The fourth-order valence-electron chi connectivity index (χ4n) is 2.85. The van der Waals surface area contributed by atoms with Crippen LogP contribution in [0.3, 0.4) is 0 Å². The molecule has 0 fully saturated rings. The lowest BCUT2D eigenvalue weighted by atomic mass is 10.2. The lowest BCUT2D eigenvalue weighted by Crippen LogP contribution is -2.23. The van der Waals surface area contributed by atoms with E-state index in [4.69, 9.17) is 13.9 Å². The molecular formula is C19H20N4O4S. The van der Waals surface area contributed by atoms with Gasteiger partial charge in [0.1, 0.15) is 19.0 Å². The van der Waals surface area contributed by atoms with Gasteiger partial charge in [0.25, 0.3) is 0 Å². The molecule has 0 bridgehead atoms. The number of nitrogens with zero attached hydrogens (tertiary/aromatic N) is 3. The van der Waals surface area contributed by atoms with Crippen LogP contribution in [-0.4, -0.2) is 39.1 Å². The minimum atomic E-state index is -0.366. The van der Waals surface area contributed by atoms with Crippen molar-refractivity contribution in [1.29, 1.82) is 0 Å². The third-order valence-electron chi connectivity index (χ3n) is 4.40. The molecule has 2 aromatic heterocycles. The first-order valence-corrected chi connectivity index (χ1v) is 9.72. The van der Waals surface area contributed by atoms with Crippen molar-refractivity contribution >= 4 is 23.4 Å². The summed E-state index contributed by atoms with van der Waals surface area (Å²) >= 11 is 1.34. The van der Waals surface area contributed by atoms with E-state index in [0.717, 1.165) is 11.3 Å². The van der Waals surface area contributed by atoms with Gasteiger partial charge in [-0.05, 0) is 32.0 Å². The van der Waals surface area contributed by atoms with Crippen LogP contribution in [0, 0.1) is 6.92 Å². The van der Waals surface area contributed by atoms with Gasteiger partial charge in [-0.1, -0.05) is 11.8 Å². The summed E-state index contributed by atoms with van der Waals surface area (Å²) in [6.45, 7) is 4.74. The average molecular weight is 400 g/mol. The fraction of sp³-hybridized carbons (Fsp3) is 0.316. The molecule has 1 amide bonds. The number of carbonyl (C=O) groups is 1. The van der Waals surface area contributed by atoms with Crippen molar-refractivity contribution in [3.8, 4) is 22.9 Å². The summed E-state index contributed by atoms with van der Waals surface area (Å²) in [6, 6.07) is 7.21. The van der Waals surface area contributed by atoms with Crippen molar-refractivity contribution in [3.63, 3.8) is 0 Å². The highest BCUT2D eigenvalue weighted by molar-refractivity contribution is 8.00. The molecule has 8 nitrogen and oxygen atoms in total. The molecule has 28 heavy (non-hydrogen) atoms. The van der Waals surface area contributed by atoms with E-state index in [1.807, 2.05) is 31.5 Å². The van der Waals surface area contributed by atoms with Gasteiger partial charge in [-0.3, -0.25) is 4.79 Å². The van der Waals surface area contributed by atoms with E-state index in [9.17, 15) is 4.79 Å². The third kappa shape index (κ3) is 3.57. The Kier molecular flexibility index (Phi) is 4.99. The lowest BCUT2D eigenvalue weighted by molar-refractivity contribution is -0.115. The molecule has 9 heteroatoms. The van der Waals surface area contributed by atoms with Gasteiger partial charge >= 0.3 is 0 Å². The van der Waals surface area contributed by atoms with Crippen LogP contribution in [0.25, 0.3) is 11.4 Å². The van der Waals surface area contributed by atoms with E-state index in [0.29, 0.717) is 41.4 Å². The molecule has 3 aromatic rings. The van der Waals surface area contributed by atoms with E-state index in [1.165, 1.54) is 11.8 Å². The number of carbonyl (C=O) groups excluding carboxylic acids is 1. The summed E-state index contributed by atoms with van der Waals surface area (Å²) in [5.41, 5.74) is 1.55. The molecule has 0 aliphatic carbocycles. The van der Waals surface area contributed by atoms with E-state index < -0.39 is 0 Å². The fourth-order valence-corrected chi connectivity index (χ4v) is 3.66. The van der Waals surface area contributed by atoms with Crippen LogP contribution in [0.2, 0.25) is 0 Å². The monoisotopic (exact) mass is 400 g/mol. The number of thioether (sulfide) groups is 1. The molecule has 4 rings (SSSR count). The Morgan fingerprint density at radius 1 is 1.21 bits per heavy atom. The molecule has 1 aromatic carbocycles. The molecule has 0 spiro atoms. The Morgan fingerprint density at radius 2 is 2.00 bits per heavy atom. The predicted molar refractivity (Wildman–Crippen MR) is 105 cm³/mol.